The van der Waals surface area contributed by atoms with Gasteiger partial charge in [-0.3, -0.25) is 19.4 Å². The fourth-order valence-electron chi connectivity index (χ4n) is 4.12. The van der Waals surface area contributed by atoms with Gasteiger partial charge in [0.1, 0.15) is 11.9 Å². The van der Waals surface area contributed by atoms with Gasteiger partial charge >= 0.3 is 0 Å². The van der Waals surface area contributed by atoms with Gasteiger partial charge in [-0.25, -0.2) is 4.98 Å². The first-order chi connectivity index (χ1) is 19.5. The van der Waals surface area contributed by atoms with E-state index in [1.165, 1.54) is 37.2 Å². The third kappa shape index (κ3) is 7.07. The first-order valence-electron chi connectivity index (χ1n) is 12.5. The van der Waals surface area contributed by atoms with Gasteiger partial charge < -0.3 is 20.6 Å². The second kappa shape index (κ2) is 12.9. The third-order valence-electron chi connectivity index (χ3n) is 6.23. The van der Waals surface area contributed by atoms with Crippen LogP contribution in [0.1, 0.15) is 35.4 Å². The van der Waals surface area contributed by atoms with Gasteiger partial charge in [0.25, 0.3) is 0 Å². The molecule has 0 saturated heterocycles. The highest BCUT2D eigenvalue weighted by Gasteiger charge is 2.25. The number of nitrogens with zero attached hydrogens (tertiary/aromatic N) is 3. The molecular weight excluding hydrogens is 565 g/mol. The lowest BCUT2D eigenvalue weighted by Gasteiger charge is -2.23. The summed E-state index contributed by atoms with van der Waals surface area (Å²) in [5.74, 6) is -0.776. The van der Waals surface area contributed by atoms with Gasteiger partial charge in [0, 0.05) is 53.5 Å². The number of likely N-dealkylation sites (N-methyl/N-ethyl adjacent to an activating group) is 1. The predicted octanol–water partition coefficient (Wildman–Crippen LogP) is 5.08. The molecule has 9 nitrogen and oxygen atoms in total. The molecule has 2 aromatic heterocycles. The summed E-state index contributed by atoms with van der Waals surface area (Å²) < 4.78 is 0. The zero-order valence-corrected chi connectivity index (χ0v) is 24.0. The lowest BCUT2D eigenvalue weighted by Crippen LogP contribution is -2.37. The zero-order chi connectivity index (χ0) is 29.7. The second-order valence-electron chi connectivity index (χ2n) is 9.23. The monoisotopic (exact) mass is 591 g/mol. The van der Waals surface area contributed by atoms with Crippen molar-refractivity contribution in [3.63, 3.8) is 0 Å². The molecule has 0 aliphatic heterocycles. The number of fused-ring (bicyclic) bond motifs is 1. The van der Waals surface area contributed by atoms with E-state index in [1.54, 1.807) is 30.3 Å². The lowest BCUT2D eigenvalue weighted by atomic mass is 9.97. The van der Waals surface area contributed by atoms with Crippen LogP contribution in [0.5, 0.6) is 0 Å². The summed E-state index contributed by atoms with van der Waals surface area (Å²) in [6, 6.07) is 15.7. The van der Waals surface area contributed by atoms with Crippen molar-refractivity contribution in [1.29, 1.82) is 0 Å². The maximum atomic E-state index is 12.9. The van der Waals surface area contributed by atoms with Crippen LogP contribution >= 0.6 is 23.2 Å². The van der Waals surface area contributed by atoms with Crippen LogP contribution in [0.15, 0.2) is 66.9 Å². The second-order valence-corrected chi connectivity index (χ2v) is 10.0. The summed E-state index contributed by atoms with van der Waals surface area (Å²) >= 11 is 13.2. The van der Waals surface area contributed by atoms with Gasteiger partial charge in [-0.1, -0.05) is 47.5 Å². The number of halogens is 2. The maximum Gasteiger partial charge on any atom is 0.246 e. The Morgan fingerprint density at radius 2 is 1.85 bits per heavy atom. The van der Waals surface area contributed by atoms with E-state index in [0.29, 0.717) is 28.1 Å². The van der Waals surface area contributed by atoms with E-state index in [4.69, 9.17) is 23.2 Å². The molecule has 11 heteroatoms. The van der Waals surface area contributed by atoms with Crippen LogP contribution in [0.2, 0.25) is 10.0 Å². The minimum absolute atomic E-state index is 0.104. The Kier molecular flexibility index (Phi) is 9.34. The van der Waals surface area contributed by atoms with Gasteiger partial charge in [0.15, 0.2) is 0 Å². The normalized spacial score (nSPS) is 11.9. The summed E-state index contributed by atoms with van der Waals surface area (Å²) in [6.07, 6.45) is 3.09. The Labute approximate surface area is 246 Å². The van der Waals surface area contributed by atoms with E-state index in [0.717, 1.165) is 11.1 Å². The molecule has 0 radical (unpaired) electrons. The third-order valence-corrected chi connectivity index (χ3v) is 6.96. The van der Waals surface area contributed by atoms with Crippen LogP contribution in [0.3, 0.4) is 0 Å². The van der Waals surface area contributed by atoms with Crippen molar-refractivity contribution in [2.45, 2.75) is 20.0 Å². The van der Waals surface area contributed by atoms with Gasteiger partial charge in [0.05, 0.1) is 22.8 Å². The van der Waals surface area contributed by atoms with Crippen molar-refractivity contribution < 1.29 is 19.5 Å². The molecule has 0 aliphatic carbocycles. The molecule has 3 N–H and O–H groups in total. The highest BCUT2D eigenvalue weighted by atomic mass is 35.5. The molecule has 2 aromatic carbocycles. The Bertz CT molecular complexity index is 1660. The maximum absolute atomic E-state index is 12.9. The quantitative estimate of drug-likeness (QED) is 0.245. The van der Waals surface area contributed by atoms with Crippen LogP contribution < -0.4 is 15.5 Å². The summed E-state index contributed by atoms with van der Waals surface area (Å²) in [6.45, 7) is 2.94. The lowest BCUT2D eigenvalue weighted by molar-refractivity contribution is -0.122. The molecule has 4 aromatic rings. The number of aryl methyl sites for hydroxylation is 1. The fourth-order valence-corrected chi connectivity index (χ4v) is 4.82. The van der Waals surface area contributed by atoms with Gasteiger partial charge in [-0.15, -0.1) is 0 Å². The molecule has 1 atom stereocenters. The summed E-state index contributed by atoms with van der Waals surface area (Å²) in [7, 11) is 1.51. The highest BCUT2D eigenvalue weighted by Crippen LogP contribution is 2.41. The number of aliphatic hydroxyl groups is 1. The minimum Gasteiger partial charge on any atom is -0.383 e. The molecule has 210 valence electrons. The van der Waals surface area contributed by atoms with Crippen molar-refractivity contribution in [2.75, 3.05) is 23.8 Å². The number of nitrogens with one attached hydrogen (secondary N) is 2. The van der Waals surface area contributed by atoms with Crippen molar-refractivity contribution in [3.8, 4) is 0 Å². The van der Waals surface area contributed by atoms with Crippen LogP contribution in [0.25, 0.3) is 17.0 Å². The first-order valence-corrected chi connectivity index (χ1v) is 13.3. The smallest absolute Gasteiger partial charge is 0.246 e. The average molecular weight is 592 g/mol. The topological polar surface area (TPSA) is 125 Å². The Morgan fingerprint density at radius 3 is 2.56 bits per heavy atom. The minimum atomic E-state index is -1.21. The Hall–Kier alpha value is -4.31. The molecule has 0 saturated carbocycles. The predicted molar refractivity (Wildman–Crippen MR) is 161 cm³/mol. The molecule has 4 rings (SSSR count). The van der Waals surface area contributed by atoms with E-state index < -0.39 is 17.9 Å². The fraction of sp³-hybridized carbons (Fsp3) is 0.167. The number of carbonyl (C=O) groups excluding carboxylic acids is 3. The van der Waals surface area contributed by atoms with Gasteiger partial charge in [-0.2, -0.15) is 0 Å². The highest BCUT2D eigenvalue weighted by molar-refractivity contribution is 6.38. The molecule has 41 heavy (non-hydrogen) atoms. The number of para-hydroxylation sites is 1. The summed E-state index contributed by atoms with van der Waals surface area (Å²) in [5.41, 5.74) is 3.13. The number of anilines is 2. The summed E-state index contributed by atoms with van der Waals surface area (Å²) in [4.78, 5) is 46.3. The number of aliphatic hydroxyl groups excluding tert-OH is 1. The molecule has 0 bridgehead atoms. The number of pyridine rings is 2. The van der Waals surface area contributed by atoms with E-state index >= 15 is 0 Å². The average Bonchev–Trinajstić information content (AvgIpc) is 2.94. The number of carbonyl (C=O) groups is 3. The van der Waals surface area contributed by atoms with Crippen molar-refractivity contribution in [2.24, 2.45) is 0 Å². The van der Waals surface area contributed by atoms with Crippen LogP contribution in [0, 0.1) is 6.92 Å². The number of benzene rings is 2. The Balaban J connectivity index is 1.46. The van der Waals surface area contributed by atoms with Crippen molar-refractivity contribution in [1.82, 2.24) is 15.3 Å². The Morgan fingerprint density at radius 1 is 1.07 bits per heavy atom. The van der Waals surface area contributed by atoms with E-state index in [2.05, 4.69) is 20.6 Å². The van der Waals surface area contributed by atoms with Gasteiger partial charge in [-0.05, 0) is 48.9 Å². The summed E-state index contributed by atoms with van der Waals surface area (Å²) in [5, 5.41) is 17.7. The number of amides is 3. The van der Waals surface area contributed by atoms with Crippen LogP contribution in [-0.2, 0) is 14.4 Å². The molecule has 0 fully saturated rings. The van der Waals surface area contributed by atoms with E-state index in [9.17, 15) is 19.5 Å². The number of aromatic nitrogens is 2. The number of rotatable bonds is 8. The van der Waals surface area contributed by atoms with Crippen LogP contribution in [0.4, 0.5) is 11.5 Å². The zero-order valence-electron chi connectivity index (χ0n) is 22.5. The van der Waals surface area contributed by atoms with E-state index in [-0.39, 0.29) is 28.1 Å². The molecule has 3 amide bonds. The molecule has 1 unspecified atom stereocenters. The van der Waals surface area contributed by atoms with E-state index in [1.807, 2.05) is 31.2 Å². The molecule has 0 spiro atoms. The van der Waals surface area contributed by atoms with Crippen molar-refractivity contribution >= 4 is 69.4 Å². The van der Waals surface area contributed by atoms with Gasteiger partial charge in [0.2, 0.25) is 17.7 Å². The standard InChI is InChI=1S/C30H27Cl2N5O4/c1-17-7-10-20-5-4-6-21(29(20)35-17)30(41)27-22(31)11-12-23(28(27)32)37(3)26(40)16-34-25(39)14-9-19-8-13-24(33-15-19)36-18(2)38/h4-15,30,41H,16H2,1-3H3,(H,34,39)(H,33,36,38). The van der Waals surface area contributed by atoms with Crippen molar-refractivity contribution in [3.05, 3.63) is 99.3 Å². The number of hydrogen-bond acceptors (Lipinski definition) is 6. The largest absolute Gasteiger partial charge is 0.383 e. The van der Waals surface area contributed by atoms with Crippen LogP contribution in [-0.4, -0.2) is 46.4 Å². The first kappa shape index (κ1) is 29.7. The molecule has 0 aliphatic rings. The SMILES string of the molecule is CC(=O)Nc1ccc(C=CC(=O)NCC(=O)N(C)c2ccc(Cl)c(C(O)c3cccc4ccc(C)nc34)c2Cl)cn1. The number of hydrogen-bond donors (Lipinski definition) is 3. The molecule has 2 heterocycles. The molecular formula is C30H27Cl2N5O4.